The van der Waals surface area contributed by atoms with Crippen molar-refractivity contribution < 1.29 is 43.2 Å². The van der Waals surface area contributed by atoms with Crippen LogP contribution in [0, 0.1) is 10.1 Å². The van der Waals surface area contributed by atoms with E-state index in [2.05, 4.69) is 0 Å². The van der Waals surface area contributed by atoms with Crippen molar-refractivity contribution in [2.45, 2.75) is 32.8 Å². The predicted molar refractivity (Wildman–Crippen MR) is 87.8 cm³/mol. The van der Waals surface area contributed by atoms with Gasteiger partial charge in [0.25, 0.3) is 5.69 Å². The number of carboxylic acids is 1. The fourth-order valence-corrected chi connectivity index (χ4v) is 2.57. The predicted octanol–water partition coefficient (Wildman–Crippen LogP) is -1.01. The molecule has 1 amide bonds. The van der Waals surface area contributed by atoms with E-state index in [0.717, 1.165) is 6.07 Å². The van der Waals surface area contributed by atoms with E-state index >= 15 is 0 Å². The van der Waals surface area contributed by atoms with Crippen molar-refractivity contribution in [2.24, 2.45) is 0 Å². The quantitative estimate of drug-likeness (QED) is 0.390. The van der Waals surface area contributed by atoms with Crippen molar-refractivity contribution in [1.29, 1.82) is 0 Å². The molecule has 8 nitrogen and oxygen atoms in total. The summed E-state index contributed by atoms with van der Waals surface area (Å²) in [6, 6.07) is 4.08. The van der Waals surface area contributed by atoms with Gasteiger partial charge in [-0.15, -0.1) is 0 Å². The summed E-state index contributed by atoms with van der Waals surface area (Å²) < 4.78 is 5.29. The van der Waals surface area contributed by atoms with Gasteiger partial charge in [0.1, 0.15) is 5.60 Å². The smallest absolute Gasteiger partial charge is 0.545 e. The van der Waals surface area contributed by atoms with Crippen LogP contribution in [0.4, 0.5) is 10.5 Å². The van der Waals surface area contributed by atoms with Gasteiger partial charge in [-0.05, 0) is 44.9 Å². The number of nitro groups is 1. The maximum atomic E-state index is 12.1. The van der Waals surface area contributed by atoms with E-state index in [1.165, 1.54) is 17.0 Å². The molecule has 2 rings (SSSR count). The number of nitrogens with zero attached hydrogens (tertiary/aromatic N) is 2. The maximum absolute atomic E-state index is 12.1. The normalized spacial score (nSPS) is 14.1. The first-order valence-electron chi connectivity index (χ1n) is 7.76. The molecule has 0 saturated carbocycles. The Morgan fingerprint density at radius 3 is 2.38 bits per heavy atom. The third-order valence-electron chi connectivity index (χ3n) is 3.65. The number of carbonyl (C=O) groups excluding carboxylic acids is 2. The number of para-hydroxylation sites is 1. The summed E-state index contributed by atoms with van der Waals surface area (Å²) in [4.78, 5) is 35.3. The van der Waals surface area contributed by atoms with Crippen LogP contribution in [-0.2, 0) is 4.74 Å². The number of benzene rings is 1. The van der Waals surface area contributed by atoms with Crippen molar-refractivity contribution in [3.63, 3.8) is 0 Å². The second-order valence-electron chi connectivity index (χ2n) is 6.65. The summed E-state index contributed by atoms with van der Waals surface area (Å²) in [6.45, 7) is 5.87. The number of rotatable bonds is 3. The van der Waals surface area contributed by atoms with Gasteiger partial charge < -0.3 is 19.5 Å². The minimum atomic E-state index is -1.60. The molecule has 0 aromatic heterocycles. The second-order valence-corrected chi connectivity index (χ2v) is 6.65. The largest absolute Gasteiger partial charge is 1.00 e. The zero-order valence-electron chi connectivity index (χ0n) is 15.3. The average molecular weight is 354 g/mol. The van der Waals surface area contributed by atoms with Gasteiger partial charge in [0.05, 0.1) is 22.0 Å². The molecular formula is C17H19LiN2O6. The van der Waals surface area contributed by atoms with Crippen molar-refractivity contribution in [3.05, 3.63) is 45.5 Å². The molecule has 1 heterocycles. The molecule has 0 radical (unpaired) electrons. The Morgan fingerprint density at radius 1 is 1.27 bits per heavy atom. The van der Waals surface area contributed by atoms with Crippen LogP contribution >= 0.6 is 0 Å². The van der Waals surface area contributed by atoms with Crippen LogP contribution in [0.1, 0.15) is 43.1 Å². The molecule has 26 heavy (non-hydrogen) atoms. The number of amides is 1. The van der Waals surface area contributed by atoms with E-state index in [0.29, 0.717) is 18.5 Å². The molecule has 134 valence electrons. The zero-order chi connectivity index (χ0) is 18.8. The first-order chi connectivity index (χ1) is 11.6. The van der Waals surface area contributed by atoms with Gasteiger partial charge in [-0.1, -0.05) is 12.1 Å². The topological polar surface area (TPSA) is 113 Å². The third-order valence-corrected chi connectivity index (χ3v) is 3.65. The molecule has 1 aliphatic rings. The maximum Gasteiger partial charge on any atom is 1.00 e. The van der Waals surface area contributed by atoms with Crippen LogP contribution < -0.4 is 24.0 Å². The van der Waals surface area contributed by atoms with Crippen molar-refractivity contribution >= 4 is 23.3 Å². The molecule has 0 aliphatic carbocycles. The van der Waals surface area contributed by atoms with Gasteiger partial charge in [0, 0.05) is 13.1 Å². The Bertz CT molecular complexity index is 754. The Labute approximate surface area is 163 Å². The van der Waals surface area contributed by atoms with Gasteiger partial charge in [-0.2, -0.15) is 0 Å². The van der Waals surface area contributed by atoms with Crippen LogP contribution in [0.15, 0.2) is 24.3 Å². The average Bonchev–Trinajstić information content (AvgIpc) is 2.52. The van der Waals surface area contributed by atoms with E-state index < -0.39 is 33.8 Å². The summed E-state index contributed by atoms with van der Waals surface area (Å²) in [7, 11) is 0. The van der Waals surface area contributed by atoms with Crippen LogP contribution in [0.5, 0.6) is 0 Å². The van der Waals surface area contributed by atoms with Crippen LogP contribution in [0.25, 0.3) is 5.57 Å². The minimum Gasteiger partial charge on any atom is -0.545 e. The molecule has 0 atom stereocenters. The molecule has 9 heteroatoms. The number of hydrogen-bond acceptors (Lipinski definition) is 6. The Morgan fingerprint density at radius 2 is 1.92 bits per heavy atom. The number of ether oxygens (including phenoxy) is 1. The van der Waals surface area contributed by atoms with Gasteiger partial charge in [-0.3, -0.25) is 10.1 Å². The van der Waals surface area contributed by atoms with Crippen molar-refractivity contribution in [2.75, 3.05) is 13.1 Å². The molecule has 1 aromatic carbocycles. The van der Waals surface area contributed by atoms with E-state index in [1.54, 1.807) is 26.8 Å². The molecule has 0 bridgehead atoms. The summed E-state index contributed by atoms with van der Waals surface area (Å²) >= 11 is 0. The number of carbonyl (C=O) groups is 2. The molecule has 0 N–H and O–H groups in total. The molecule has 1 aromatic rings. The minimum absolute atomic E-state index is 0. The molecule has 0 saturated heterocycles. The molecule has 0 spiro atoms. The standard InChI is InChI=1S/C17H20N2O6.Li/c1-17(2,3)25-16(22)18-9-7-11(8-10-18)12-5-4-6-13(15(20)21)14(12)19(23)24;/h4-7H,8-10H2,1-3H3,(H,20,21);/q;+1/p-1. The third kappa shape index (κ3) is 5.10. The molecule has 0 unspecified atom stereocenters. The molecular weight excluding hydrogens is 335 g/mol. The number of hydrogen-bond donors (Lipinski definition) is 0. The fourth-order valence-electron chi connectivity index (χ4n) is 2.57. The fraction of sp³-hybridized carbons (Fsp3) is 0.412. The van der Waals surface area contributed by atoms with Gasteiger partial charge in [0.15, 0.2) is 0 Å². The Kier molecular flexibility index (Phi) is 7.01. The van der Waals surface area contributed by atoms with Crippen LogP contribution in [0.2, 0.25) is 0 Å². The first-order valence-corrected chi connectivity index (χ1v) is 7.76. The summed E-state index contributed by atoms with van der Waals surface area (Å²) in [6.07, 6.45) is 1.58. The van der Waals surface area contributed by atoms with Gasteiger partial charge in [-0.25, -0.2) is 4.79 Å². The van der Waals surface area contributed by atoms with E-state index in [9.17, 15) is 24.8 Å². The van der Waals surface area contributed by atoms with Crippen molar-refractivity contribution in [3.8, 4) is 0 Å². The Hall–Kier alpha value is -2.30. The summed E-state index contributed by atoms with van der Waals surface area (Å²) in [5.41, 5.74) is -0.703. The van der Waals surface area contributed by atoms with Crippen LogP contribution in [0.3, 0.4) is 0 Å². The van der Waals surface area contributed by atoms with Gasteiger partial charge >= 0.3 is 25.0 Å². The number of nitro benzene ring substituents is 1. The first kappa shape index (κ1) is 21.7. The Balaban J connectivity index is 0.00000338. The number of aromatic carboxylic acids is 1. The van der Waals surface area contributed by atoms with E-state index in [1.807, 2.05) is 0 Å². The van der Waals surface area contributed by atoms with Crippen LogP contribution in [-0.4, -0.2) is 40.6 Å². The summed E-state index contributed by atoms with van der Waals surface area (Å²) in [5, 5.41) is 22.5. The van der Waals surface area contributed by atoms with Crippen molar-refractivity contribution in [1.82, 2.24) is 4.90 Å². The zero-order valence-corrected chi connectivity index (χ0v) is 15.3. The summed E-state index contributed by atoms with van der Waals surface area (Å²) in [5.74, 6) is -1.60. The van der Waals surface area contributed by atoms with E-state index in [4.69, 9.17) is 4.74 Å². The van der Waals surface area contributed by atoms with E-state index in [-0.39, 0.29) is 31.0 Å². The number of carboxylic acid groups (broad SMARTS) is 1. The molecule has 1 aliphatic heterocycles. The molecule has 0 fully saturated rings. The monoisotopic (exact) mass is 354 g/mol. The SMILES string of the molecule is CC(C)(C)OC(=O)N1CC=C(c2cccc(C(=O)[O-])c2[N+](=O)[O-])CC1.[Li+]. The van der Waals surface area contributed by atoms with Gasteiger partial charge in [0.2, 0.25) is 0 Å². The second kappa shape index (κ2) is 8.39.